The number of ether oxygens (including phenoxy) is 1. The Morgan fingerprint density at radius 1 is 1.71 bits per heavy atom. The number of nitrogens with two attached hydrogens (primary N) is 1. The van der Waals surface area contributed by atoms with Crippen molar-refractivity contribution in [1.29, 1.82) is 0 Å². The summed E-state index contributed by atoms with van der Waals surface area (Å²) in [5, 5.41) is 0. The van der Waals surface area contributed by atoms with Gasteiger partial charge in [0.15, 0.2) is 11.5 Å². The van der Waals surface area contributed by atoms with Crippen molar-refractivity contribution in [3.8, 4) is 0 Å². The van der Waals surface area contributed by atoms with Gasteiger partial charge in [0.05, 0.1) is 6.61 Å². The third kappa shape index (κ3) is 3.50. The zero-order valence-corrected chi connectivity index (χ0v) is 8.79. The summed E-state index contributed by atoms with van der Waals surface area (Å²) in [5.41, 5.74) is 5.48. The minimum absolute atomic E-state index is 0.130. The molecule has 0 aromatic heterocycles. The van der Waals surface area contributed by atoms with E-state index < -0.39 is 0 Å². The van der Waals surface area contributed by atoms with Crippen LogP contribution >= 0.6 is 0 Å². The summed E-state index contributed by atoms with van der Waals surface area (Å²) in [5.74, 6) is 1.12. The molecule has 1 heterocycles. The van der Waals surface area contributed by atoms with E-state index in [0.29, 0.717) is 31.2 Å². The molecule has 1 aliphatic rings. The first-order chi connectivity index (χ1) is 6.74. The highest BCUT2D eigenvalue weighted by Gasteiger charge is 2.14. The largest absolute Gasteiger partial charge is 0.490 e. The minimum atomic E-state index is 0.130. The van der Waals surface area contributed by atoms with Crippen molar-refractivity contribution in [1.82, 2.24) is 0 Å². The van der Waals surface area contributed by atoms with Gasteiger partial charge in [0, 0.05) is 6.42 Å². The average molecular weight is 197 g/mol. The van der Waals surface area contributed by atoms with Gasteiger partial charge in [-0.25, -0.2) is 0 Å². The van der Waals surface area contributed by atoms with Crippen LogP contribution in [0.5, 0.6) is 0 Å². The molecular formula is C11H19NO2. The normalized spacial score (nSPS) is 18.3. The van der Waals surface area contributed by atoms with Gasteiger partial charge in [-0.3, -0.25) is 4.79 Å². The number of hydrogen-bond acceptors (Lipinski definition) is 3. The predicted molar refractivity (Wildman–Crippen MR) is 55.7 cm³/mol. The molecule has 80 valence electrons. The highest BCUT2D eigenvalue weighted by Crippen LogP contribution is 2.14. The van der Waals surface area contributed by atoms with Crippen molar-refractivity contribution in [2.24, 2.45) is 11.7 Å². The van der Waals surface area contributed by atoms with Crippen LogP contribution < -0.4 is 5.73 Å². The first kappa shape index (κ1) is 11.2. The zero-order valence-electron chi connectivity index (χ0n) is 8.79. The van der Waals surface area contributed by atoms with Crippen LogP contribution in [0.25, 0.3) is 0 Å². The molecule has 0 saturated carbocycles. The number of ketones is 1. The average Bonchev–Trinajstić information content (AvgIpc) is 2.26. The van der Waals surface area contributed by atoms with E-state index >= 15 is 0 Å². The Labute approximate surface area is 85.3 Å². The standard InChI is InChI=1S/C11H19NO2/c1-9(8-12)5-6-10(13)11-4-2-3-7-14-11/h4,9H,2-3,5-8,12H2,1H3. The summed E-state index contributed by atoms with van der Waals surface area (Å²) in [4.78, 5) is 11.6. The van der Waals surface area contributed by atoms with Crippen LogP contribution in [0.1, 0.15) is 32.6 Å². The quantitative estimate of drug-likeness (QED) is 0.728. The Hall–Kier alpha value is -0.830. The predicted octanol–water partition coefficient (Wildman–Crippen LogP) is 1.62. The van der Waals surface area contributed by atoms with Crippen molar-refractivity contribution in [2.45, 2.75) is 32.6 Å². The second kappa shape index (κ2) is 5.81. The van der Waals surface area contributed by atoms with Crippen LogP contribution in [-0.4, -0.2) is 18.9 Å². The van der Waals surface area contributed by atoms with Gasteiger partial charge in [-0.05, 0) is 37.8 Å². The van der Waals surface area contributed by atoms with Gasteiger partial charge in [0.2, 0.25) is 0 Å². The topological polar surface area (TPSA) is 52.3 Å². The molecule has 0 aliphatic carbocycles. The first-order valence-corrected chi connectivity index (χ1v) is 5.30. The monoisotopic (exact) mass is 197 g/mol. The lowest BCUT2D eigenvalue weighted by molar-refractivity contribution is -0.119. The van der Waals surface area contributed by atoms with Gasteiger partial charge >= 0.3 is 0 Å². The molecule has 0 spiro atoms. The Morgan fingerprint density at radius 2 is 2.50 bits per heavy atom. The van der Waals surface area contributed by atoms with Crippen LogP contribution in [0.4, 0.5) is 0 Å². The molecule has 3 heteroatoms. The molecule has 0 amide bonds. The van der Waals surface area contributed by atoms with Crippen LogP contribution in [0.2, 0.25) is 0 Å². The fourth-order valence-corrected chi connectivity index (χ4v) is 1.37. The van der Waals surface area contributed by atoms with E-state index in [-0.39, 0.29) is 5.78 Å². The molecule has 0 saturated heterocycles. The fraction of sp³-hybridized carbons (Fsp3) is 0.727. The smallest absolute Gasteiger partial charge is 0.197 e. The molecule has 1 rings (SSSR count). The highest BCUT2D eigenvalue weighted by atomic mass is 16.5. The molecule has 1 aliphatic heterocycles. The maximum absolute atomic E-state index is 11.6. The Morgan fingerprint density at radius 3 is 3.07 bits per heavy atom. The van der Waals surface area contributed by atoms with E-state index in [1.165, 1.54) is 0 Å². The summed E-state index contributed by atoms with van der Waals surface area (Å²) < 4.78 is 5.29. The van der Waals surface area contributed by atoms with Crippen LogP contribution in [0.3, 0.4) is 0 Å². The number of carbonyl (C=O) groups excluding carboxylic acids is 1. The summed E-state index contributed by atoms with van der Waals surface area (Å²) in [6.07, 6.45) is 5.31. The molecule has 1 unspecified atom stereocenters. The number of Topliss-reactive ketones (excluding diaryl/α,β-unsaturated/α-hetero) is 1. The van der Waals surface area contributed by atoms with Crippen LogP contribution in [-0.2, 0) is 9.53 Å². The summed E-state index contributed by atoms with van der Waals surface area (Å²) in [6.45, 7) is 3.39. The van der Waals surface area contributed by atoms with E-state index in [1.54, 1.807) is 0 Å². The van der Waals surface area contributed by atoms with Crippen molar-refractivity contribution >= 4 is 5.78 Å². The van der Waals surface area contributed by atoms with Gasteiger partial charge in [0.1, 0.15) is 0 Å². The van der Waals surface area contributed by atoms with E-state index in [1.807, 2.05) is 6.08 Å². The number of allylic oxidation sites excluding steroid dienone is 2. The zero-order chi connectivity index (χ0) is 10.4. The first-order valence-electron chi connectivity index (χ1n) is 5.30. The van der Waals surface area contributed by atoms with Crippen LogP contribution in [0.15, 0.2) is 11.8 Å². The molecule has 14 heavy (non-hydrogen) atoms. The maximum Gasteiger partial charge on any atom is 0.197 e. The molecule has 0 bridgehead atoms. The second-order valence-corrected chi connectivity index (χ2v) is 3.86. The minimum Gasteiger partial charge on any atom is -0.490 e. The van der Waals surface area contributed by atoms with Crippen molar-refractivity contribution in [3.63, 3.8) is 0 Å². The van der Waals surface area contributed by atoms with Gasteiger partial charge in [-0.1, -0.05) is 6.92 Å². The SMILES string of the molecule is CC(CN)CCC(=O)C1=CCCCO1. The molecule has 2 N–H and O–H groups in total. The van der Waals surface area contributed by atoms with Crippen LogP contribution in [0, 0.1) is 5.92 Å². The van der Waals surface area contributed by atoms with Gasteiger partial charge in [-0.15, -0.1) is 0 Å². The molecule has 0 aromatic carbocycles. The summed E-state index contributed by atoms with van der Waals surface area (Å²) in [6, 6.07) is 0. The van der Waals surface area contributed by atoms with E-state index in [9.17, 15) is 4.79 Å². The lowest BCUT2D eigenvalue weighted by atomic mass is 10.0. The van der Waals surface area contributed by atoms with Crippen molar-refractivity contribution in [3.05, 3.63) is 11.8 Å². The van der Waals surface area contributed by atoms with Gasteiger partial charge < -0.3 is 10.5 Å². The summed E-state index contributed by atoms with van der Waals surface area (Å²) >= 11 is 0. The third-order valence-electron chi connectivity index (χ3n) is 2.48. The van der Waals surface area contributed by atoms with Crippen molar-refractivity contribution < 1.29 is 9.53 Å². The molecule has 0 radical (unpaired) electrons. The second-order valence-electron chi connectivity index (χ2n) is 3.86. The summed E-state index contributed by atoms with van der Waals surface area (Å²) in [7, 11) is 0. The van der Waals surface area contributed by atoms with E-state index in [2.05, 4.69) is 6.92 Å². The lowest BCUT2D eigenvalue weighted by Gasteiger charge is -2.14. The Balaban J connectivity index is 2.30. The number of hydrogen-bond donors (Lipinski definition) is 1. The Bertz CT molecular complexity index is 223. The van der Waals surface area contributed by atoms with E-state index in [0.717, 1.165) is 19.3 Å². The maximum atomic E-state index is 11.6. The lowest BCUT2D eigenvalue weighted by Crippen LogP contribution is -2.15. The highest BCUT2D eigenvalue weighted by molar-refractivity contribution is 5.93. The number of carbonyl (C=O) groups is 1. The van der Waals surface area contributed by atoms with Gasteiger partial charge in [0.25, 0.3) is 0 Å². The Kier molecular flexibility index (Phi) is 4.66. The number of rotatable bonds is 5. The molecule has 1 atom stereocenters. The fourth-order valence-electron chi connectivity index (χ4n) is 1.37. The molecular weight excluding hydrogens is 178 g/mol. The van der Waals surface area contributed by atoms with Crippen molar-refractivity contribution in [2.75, 3.05) is 13.2 Å². The molecule has 3 nitrogen and oxygen atoms in total. The third-order valence-corrected chi connectivity index (χ3v) is 2.48. The van der Waals surface area contributed by atoms with E-state index in [4.69, 9.17) is 10.5 Å². The van der Waals surface area contributed by atoms with Gasteiger partial charge in [-0.2, -0.15) is 0 Å². The molecule has 0 fully saturated rings. The molecule has 0 aromatic rings.